The number of aromatic nitrogens is 3. The smallest absolute Gasteiger partial charge is 0.165 e. The maximum absolute atomic E-state index is 6.61. The summed E-state index contributed by atoms with van der Waals surface area (Å²) in [7, 11) is 1.74. The number of rotatable bonds is 7. The maximum Gasteiger partial charge on any atom is 0.165 e. The number of allylic oxidation sites excluding steroid dienone is 1. The largest absolute Gasteiger partial charge is 0.496 e. The molecule has 0 saturated carbocycles. The first-order chi connectivity index (χ1) is 29.2. The standard InChI is InChI=1S/C54H37N3O2/c1-58-47-30-28-37-15-7-8-19-43(37)49(47)41-18-11-17-40(33-41)44-29-31-48-50(45-20-9-10-21-46(45)59-48)51(44)54-56-52(38-25-22-36(23-26-38)34-12-3-2-4-13-34)55-53(57-54)42-27-24-35-14-5-6-16-39(35)32-42/h2-28,30,32-33H,29,31H2,1H3. The van der Waals surface area contributed by atoms with Gasteiger partial charge in [0.05, 0.1) is 7.11 Å². The second-order valence-electron chi connectivity index (χ2n) is 15.0. The average molecular weight is 760 g/mol. The number of fused-ring (bicyclic) bond motifs is 5. The Bertz CT molecular complexity index is 3250. The maximum atomic E-state index is 6.61. The van der Waals surface area contributed by atoms with Crippen molar-refractivity contribution in [3.8, 4) is 50.8 Å². The highest BCUT2D eigenvalue weighted by molar-refractivity contribution is 6.07. The second-order valence-corrected chi connectivity index (χ2v) is 15.0. The van der Waals surface area contributed by atoms with Gasteiger partial charge in [0.1, 0.15) is 17.1 Å². The van der Waals surface area contributed by atoms with Crippen molar-refractivity contribution in [3.05, 3.63) is 205 Å². The van der Waals surface area contributed by atoms with Gasteiger partial charge in [-0.2, -0.15) is 0 Å². The van der Waals surface area contributed by atoms with Crippen LogP contribution in [0.25, 0.3) is 88.7 Å². The molecule has 0 fully saturated rings. The van der Waals surface area contributed by atoms with Crippen LogP contribution in [-0.4, -0.2) is 22.1 Å². The van der Waals surface area contributed by atoms with E-state index in [4.69, 9.17) is 24.1 Å². The lowest BCUT2D eigenvalue weighted by Crippen LogP contribution is -2.10. The number of hydrogen-bond acceptors (Lipinski definition) is 5. The Labute approximate surface area is 342 Å². The van der Waals surface area contributed by atoms with E-state index in [0.717, 1.165) is 113 Å². The molecule has 1 aliphatic rings. The third-order valence-electron chi connectivity index (χ3n) is 11.5. The van der Waals surface area contributed by atoms with Crippen LogP contribution in [0.5, 0.6) is 5.75 Å². The summed E-state index contributed by atoms with van der Waals surface area (Å²) in [6.45, 7) is 0. The molecule has 1 aliphatic carbocycles. The van der Waals surface area contributed by atoms with Crippen LogP contribution in [0.1, 0.15) is 29.1 Å². The predicted octanol–water partition coefficient (Wildman–Crippen LogP) is 13.5. The molecule has 0 bridgehead atoms. The Balaban J connectivity index is 1.16. The molecule has 0 aliphatic heterocycles. The molecule has 59 heavy (non-hydrogen) atoms. The Morgan fingerprint density at radius 3 is 1.86 bits per heavy atom. The lowest BCUT2D eigenvalue weighted by molar-refractivity contribution is 0.417. The normalized spacial score (nSPS) is 12.6. The summed E-state index contributed by atoms with van der Waals surface area (Å²) in [6.07, 6.45) is 1.50. The zero-order valence-corrected chi connectivity index (χ0v) is 32.4. The molecule has 0 unspecified atom stereocenters. The molecule has 5 nitrogen and oxygen atoms in total. The van der Waals surface area contributed by atoms with Crippen molar-refractivity contribution >= 4 is 43.7 Å². The van der Waals surface area contributed by atoms with Crippen LogP contribution in [0.2, 0.25) is 0 Å². The van der Waals surface area contributed by atoms with Crippen LogP contribution in [0.3, 0.4) is 0 Å². The van der Waals surface area contributed by atoms with Gasteiger partial charge in [0, 0.05) is 39.6 Å². The van der Waals surface area contributed by atoms with Gasteiger partial charge in [0.2, 0.25) is 0 Å². The number of hydrogen-bond donors (Lipinski definition) is 0. The Morgan fingerprint density at radius 1 is 0.424 bits per heavy atom. The van der Waals surface area contributed by atoms with Crippen molar-refractivity contribution in [1.82, 2.24) is 15.0 Å². The number of benzene rings is 8. The number of ether oxygens (including phenoxy) is 1. The third kappa shape index (κ3) is 6.16. The topological polar surface area (TPSA) is 61.0 Å². The highest BCUT2D eigenvalue weighted by Crippen LogP contribution is 2.46. The van der Waals surface area contributed by atoms with E-state index in [1.165, 1.54) is 0 Å². The number of furan rings is 1. The first-order valence-corrected chi connectivity index (χ1v) is 20.0. The van der Waals surface area contributed by atoms with Gasteiger partial charge >= 0.3 is 0 Å². The predicted molar refractivity (Wildman–Crippen MR) is 240 cm³/mol. The summed E-state index contributed by atoms with van der Waals surface area (Å²) < 4.78 is 12.6. The second kappa shape index (κ2) is 14.4. The van der Waals surface area contributed by atoms with Crippen LogP contribution < -0.4 is 4.74 Å². The Kier molecular flexibility index (Phi) is 8.44. The van der Waals surface area contributed by atoms with Crippen LogP contribution in [0.4, 0.5) is 0 Å². The molecule has 0 amide bonds. The highest BCUT2D eigenvalue weighted by Gasteiger charge is 2.30. The zero-order valence-electron chi connectivity index (χ0n) is 32.4. The lowest BCUT2D eigenvalue weighted by atomic mass is 9.83. The van der Waals surface area contributed by atoms with E-state index in [1.54, 1.807) is 7.11 Å². The van der Waals surface area contributed by atoms with Crippen molar-refractivity contribution < 1.29 is 9.15 Å². The van der Waals surface area contributed by atoms with E-state index >= 15 is 0 Å². The fraction of sp³-hybridized carbons (Fsp3) is 0.0556. The van der Waals surface area contributed by atoms with Crippen LogP contribution >= 0.6 is 0 Å². The summed E-state index contributed by atoms with van der Waals surface area (Å²) in [5.74, 6) is 3.61. The molecule has 5 heteroatoms. The van der Waals surface area contributed by atoms with Gasteiger partial charge in [0.25, 0.3) is 0 Å². The fourth-order valence-corrected chi connectivity index (χ4v) is 8.69. The van der Waals surface area contributed by atoms with Crippen LogP contribution in [0, 0.1) is 0 Å². The first-order valence-electron chi connectivity index (χ1n) is 20.0. The lowest BCUT2D eigenvalue weighted by Gasteiger charge is -2.22. The number of methoxy groups -OCH3 is 1. The quantitative estimate of drug-likeness (QED) is 0.162. The molecule has 0 atom stereocenters. The van der Waals surface area contributed by atoms with Crippen molar-refractivity contribution in [2.24, 2.45) is 0 Å². The van der Waals surface area contributed by atoms with E-state index in [1.807, 2.05) is 18.2 Å². The molecule has 0 saturated heterocycles. The van der Waals surface area contributed by atoms with Crippen molar-refractivity contribution in [1.29, 1.82) is 0 Å². The molecule has 8 aromatic carbocycles. The monoisotopic (exact) mass is 759 g/mol. The molecule has 280 valence electrons. The van der Waals surface area contributed by atoms with Gasteiger partial charge in [0.15, 0.2) is 17.5 Å². The van der Waals surface area contributed by atoms with E-state index in [2.05, 4.69) is 164 Å². The van der Waals surface area contributed by atoms with Gasteiger partial charge in [-0.1, -0.05) is 158 Å². The summed E-state index contributed by atoms with van der Waals surface area (Å²) in [4.78, 5) is 16.0. The molecule has 11 rings (SSSR count). The molecule has 2 heterocycles. The minimum Gasteiger partial charge on any atom is -0.496 e. The Morgan fingerprint density at radius 2 is 1.03 bits per heavy atom. The summed E-state index contributed by atoms with van der Waals surface area (Å²) >= 11 is 0. The zero-order chi connectivity index (χ0) is 39.3. The average Bonchev–Trinajstić information content (AvgIpc) is 3.70. The molecular weight excluding hydrogens is 723 g/mol. The van der Waals surface area contributed by atoms with Crippen LogP contribution in [-0.2, 0) is 6.42 Å². The van der Waals surface area contributed by atoms with E-state index in [0.29, 0.717) is 17.5 Å². The molecular formula is C54H37N3O2. The molecule has 0 radical (unpaired) electrons. The van der Waals surface area contributed by atoms with Gasteiger partial charge in [-0.25, -0.2) is 15.0 Å². The van der Waals surface area contributed by atoms with E-state index < -0.39 is 0 Å². The first kappa shape index (κ1) is 34.6. The SMILES string of the molecule is COc1ccc2ccccc2c1-c1cccc(C2=C(c3nc(-c4ccc(-c5ccccc5)cc4)nc(-c4ccc5ccccc5c4)n3)c3c(oc4ccccc34)CC2)c1. The number of aryl methyl sites for hydroxylation is 1. The minimum absolute atomic E-state index is 0.610. The fourth-order valence-electron chi connectivity index (χ4n) is 8.69. The number of para-hydroxylation sites is 1. The van der Waals surface area contributed by atoms with Crippen molar-refractivity contribution in [2.45, 2.75) is 12.8 Å². The van der Waals surface area contributed by atoms with E-state index in [-0.39, 0.29) is 0 Å². The third-order valence-corrected chi connectivity index (χ3v) is 11.5. The van der Waals surface area contributed by atoms with Crippen LogP contribution in [0.15, 0.2) is 186 Å². The summed E-state index contributed by atoms with van der Waals surface area (Å²) in [5.41, 5.74) is 11.4. The molecule has 0 N–H and O–H groups in total. The Hall–Kier alpha value is -7.63. The highest BCUT2D eigenvalue weighted by atomic mass is 16.5. The van der Waals surface area contributed by atoms with Gasteiger partial charge < -0.3 is 9.15 Å². The molecule has 2 aromatic heterocycles. The van der Waals surface area contributed by atoms with Gasteiger partial charge in [-0.05, 0) is 80.1 Å². The molecule has 10 aromatic rings. The van der Waals surface area contributed by atoms with Gasteiger partial charge in [-0.3, -0.25) is 0 Å². The van der Waals surface area contributed by atoms with Crippen molar-refractivity contribution in [2.75, 3.05) is 7.11 Å². The summed E-state index contributed by atoms with van der Waals surface area (Å²) in [5, 5.41) is 5.64. The summed E-state index contributed by atoms with van der Waals surface area (Å²) in [6, 6.07) is 63.5. The molecule has 0 spiro atoms. The van der Waals surface area contributed by atoms with Gasteiger partial charge in [-0.15, -0.1) is 0 Å². The number of nitrogens with zero attached hydrogens (tertiary/aromatic N) is 3. The minimum atomic E-state index is 0.610. The van der Waals surface area contributed by atoms with Crippen molar-refractivity contribution in [3.63, 3.8) is 0 Å². The van der Waals surface area contributed by atoms with E-state index in [9.17, 15) is 0 Å².